The molecule has 0 atom stereocenters. The number of anilines is 1. The van der Waals surface area contributed by atoms with Gasteiger partial charge in [0.2, 0.25) is 0 Å². The summed E-state index contributed by atoms with van der Waals surface area (Å²) in [7, 11) is 0. The molecule has 0 saturated carbocycles. The highest BCUT2D eigenvalue weighted by Gasteiger charge is 2.33. The SMILES string of the molecule is Cc1noc(C)c1CSc1ccccc1C(=O)Nc1ccc(Br)c(C(F)(F)F)c1. The molecular formula is C20H16BrF3N2O2S. The zero-order valence-corrected chi connectivity index (χ0v) is 17.8. The van der Waals surface area contributed by atoms with E-state index in [-0.39, 0.29) is 10.2 Å². The van der Waals surface area contributed by atoms with Gasteiger partial charge >= 0.3 is 6.18 Å². The molecule has 1 amide bonds. The van der Waals surface area contributed by atoms with Crippen LogP contribution in [0.4, 0.5) is 18.9 Å². The fraction of sp³-hybridized carbons (Fsp3) is 0.200. The molecule has 2 aromatic carbocycles. The smallest absolute Gasteiger partial charge is 0.361 e. The molecule has 3 aromatic rings. The van der Waals surface area contributed by atoms with Gasteiger partial charge in [-0.25, -0.2) is 0 Å². The highest BCUT2D eigenvalue weighted by Crippen LogP contribution is 2.36. The molecule has 0 saturated heterocycles. The Balaban J connectivity index is 1.80. The van der Waals surface area contributed by atoms with Crippen LogP contribution in [0.5, 0.6) is 0 Å². The van der Waals surface area contributed by atoms with Gasteiger partial charge in [-0.1, -0.05) is 33.2 Å². The summed E-state index contributed by atoms with van der Waals surface area (Å²) in [6.07, 6.45) is -4.53. The summed E-state index contributed by atoms with van der Waals surface area (Å²) in [6, 6.07) is 10.5. The number of hydrogen-bond acceptors (Lipinski definition) is 4. The summed E-state index contributed by atoms with van der Waals surface area (Å²) in [5, 5.41) is 6.46. The van der Waals surface area contributed by atoms with Crippen LogP contribution < -0.4 is 5.32 Å². The highest BCUT2D eigenvalue weighted by molar-refractivity contribution is 9.10. The molecule has 0 aliphatic heterocycles. The minimum absolute atomic E-state index is 0.0658. The van der Waals surface area contributed by atoms with Crippen molar-refractivity contribution in [1.29, 1.82) is 0 Å². The van der Waals surface area contributed by atoms with E-state index in [1.807, 2.05) is 13.8 Å². The van der Waals surface area contributed by atoms with Gasteiger partial charge in [0.05, 0.1) is 16.8 Å². The first-order chi connectivity index (χ1) is 13.7. The molecule has 4 nitrogen and oxygen atoms in total. The number of amides is 1. The van der Waals surface area contributed by atoms with E-state index in [0.29, 0.717) is 22.0 Å². The number of rotatable bonds is 5. The van der Waals surface area contributed by atoms with Gasteiger partial charge in [-0.2, -0.15) is 13.2 Å². The van der Waals surface area contributed by atoms with Crippen molar-refractivity contribution in [3.63, 3.8) is 0 Å². The first-order valence-electron chi connectivity index (χ1n) is 8.48. The van der Waals surface area contributed by atoms with Crippen molar-refractivity contribution in [2.24, 2.45) is 0 Å². The van der Waals surface area contributed by atoms with E-state index in [1.165, 1.54) is 23.9 Å². The van der Waals surface area contributed by atoms with Gasteiger partial charge in [-0.15, -0.1) is 11.8 Å². The van der Waals surface area contributed by atoms with Crippen LogP contribution in [0, 0.1) is 13.8 Å². The number of thioether (sulfide) groups is 1. The molecule has 0 unspecified atom stereocenters. The molecule has 1 aromatic heterocycles. The van der Waals surface area contributed by atoms with Crippen LogP contribution in [0.15, 0.2) is 56.4 Å². The maximum absolute atomic E-state index is 13.1. The zero-order valence-electron chi connectivity index (χ0n) is 15.4. The van der Waals surface area contributed by atoms with Crippen molar-refractivity contribution in [2.75, 3.05) is 5.32 Å². The van der Waals surface area contributed by atoms with Crippen LogP contribution in [0.3, 0.4) is 0 Å². The molecule has 1 N–H and O–H groups in total. The topological polar surface area (TPSA) is 55.1 Å². The Morgan fingerprint density at radius 1 is 1.21 bits per heavy atom. The number of halogens is 4. The van der Waals surface area contributed by atoms with Gasteiger partial charge in [0.15, 0.2) is 0 Å². The van der Waals surface area contributed by atoms with Gasteiger partial charge in [0, 0.05) is 26.4 Å². The third-order valence-electron chi connectivity index (χ3n) is 4.21. The highest BCUT2D eigenvalue weighted by atomic mass is 79.9. The Kier molecular flexibility index (Phi) is 6.38. The molecule has 3 rings (SSSR count). The Hall–Kier alpha value is -2.26. The van der Waals surface area contributed by atoms with E-state index in [4.69, 9.17) is 4.52 Å². The van der Waals surface area contributed by atoms with E-state index in [1.54, 1.807) is 24.3 Å². The number of benzene rings is 2. The van der Waals surface area contributed by atoms with Gasteiger partial charge in [-0.3, -0.25) is 4.79 Å². The van der Waals surface area contributed by atoms with Crippen molar-refractivity contribution in [1.82, 2.24) is 5.16 Å². The molecule has 0 spiro atoms. The third kappa shape index (κ3) is 5.02. The average Bonchev–Trinajstić information content (AvgIpc) is 2.98. The van der Waals surface area contributed by atoms with Crippen molar-refractivity contribution in [3.8, 4) is 0 Å². The first kappa shape index (κ1) is 21.4. The number of alkyl halides is 3. The van der Waals surface area contributed by atoms with E-state index < -0.39 is 17.6 Å². The lowest BCUT2D eigenvalue weighted by molar-refractivity contribution is -0.138. The van der Waals surface area contributed by atoms with Crippen LogP contribution >= 0.6 is 27.7 Å². The molecule has 0 radical (unpaired) electrons. The van der Waals surface area contributed by atoms with Crippen molar-refractivity contribution in [3.05, 3.63) is 75.1 Å². The molecule has 152 valence electrons. The normalized spacial score (nSPS) is 11.5. The van der Waals surface area contributed by atoms with E-state index in [0.717, 1.165) is 17.3 Å². The average molecular weight is 485 g/mol. The van der Waals surface area contributed by atoms with Gasteiger partial charge in [0.25, 0.3) is 5.91 Å². The number of carbonyl (C=O) groups is 1. The Morgan fingerprint density at radius 3 is 2.59 bits per heavy atom. The Labute approximate surface area is 178 Å². The number of carbonyl (C=O) groups excluding carboxylic acids is 1. The van der Waals surface area contributed by atoms with Crippen LogP contribution in [-0.2, 0) is 11.9 Å². The second-order valence-electron chi connectivity index (χ2n) is 6.23. The maximum atomic E-state index is 13.1. The summed E-state index contributed by atoms with van der Waals surface area (Å²) >= 11 is 4.32. The fourth-order valence-electron chi connectivity index (χ4n) is 2.66. The predicted octanol–water partition coefficient (Wildman–Crippen LogP) is 6.62. The second kappa shape index (κ2) is 8.62. The molecule has 0 aliphatic carbocycles. The van der Waals surface area contributed by atoms with Crippen molar-refractivity contribution < 1.29 is 22.5 Å². The fourth-order valence-corrected chi connectivity index (χ4v) is 4.33. The lowest BCUT2D eigenvalue weighted by Gasteiger charge is -2.13. The first-order valence-corrected chi connectivity index (χ1v) is 10.3. The lowest BCUT2D eigenvalue weighted by atomic mass is 10.1. The number of aryl methyl sites for hydroxylation is 2. The molecular weight excluding hydrogens is 469 g/mol. The lowest BCUT2D eigenvalue weighted by Crippen LogP contribution is -2.14. The van der Waals surface area contributed by atoms with E-state index >= 15 is 0 Å². The zero-order chi connectivity index (χ0) is 21.2. The number of nitrogens with one attached hydrogen (secondary N) is 1. The second-order valence-corrected chi connectivity index (χ2v) is 8.11. The largest absolute Gasteiger partial charge is 0.417 e. The molecule has 9 heteroatoms. The number of nitrogens with zero attached hydrogens (tertiary/aromatic N) is 1. The number of hydrogen-bond donors (Lipinski definition) is 1. The Bertz CT molecular complexity index is 1030. The third-order valence-corrected chi connectivity index (χ3v) is 6.01. The summed E-state index contributed by atoms with van der Waals surface area (Å²) in [5.74, 6) is 0.788. The molecule has 0 fully saturated rings. The van der Waals surface area contributed by atoms with E-state index in [2.05, 4.69) is 26.4 Å². The van der Waals surface area contributed by atoms with E-state index in [9.17, 15) is 18.0 Å². The van der Waals surface area contributed by atoms with Crippen LogP contribution in [-0.4, -0.2) is 11.1 Å². The molecule has 1 heterocycles. The number of aromatic nitrogens is 1. The van der Waals surface area contributed by atoms with Crippen LogP contribution in [0.2, 0.25) is 0 Å². The summed E-state index contributed by atoms with van der Waals surface area (Å²) < 4.78 is 44.3. The summed E-state index contributed by atoms with van der Waals surface area (Å²) in [6.45, 7) is 3.66. The van der Waals surface area contributed by atoms with Crippen LogP contribution in [0.1, 0.15) is 32.9 Å². The minimum atomic E-state index is -4.53. The minimum Gasteiger partial charge on any atom is -0.361 e. The predicted molar refractivity (Wildman–Crippen MR) is 109 cm³/mol. The van der Waals surface area contributed by atoms with Gasteiger partial charge in [0.1, 0.15) is 5.76 Å². The van der Waals surface area contributed by atoms with Gasteiger partial charge in [-0.05, 0) is 44.2 Å². The quantitative estimate of drug-likeness (QED) is 0.413. The molecule has 0 bridgehead atoms. The molecule has 29 heavy (non-hydrogen) atoms. The van der Waals surface area contributed by atoms with Crippen molar-refractivity contribution in [2.45, 2.75) is 30.7 Å². The van der Waals surface area contributed by atoms with Crippen molar-refractivity contribution >= 4 is 39.3 Å². The maximum Gasteiger partial charge on any atom is 0.417 e. The molecule has 0 aliphatic rings. The Morgan fingerprint density at radius 2 is 1.93 bits per heavy atom. The summed E-state index contributed by atoms with van der Waals surface area (Å²) in [5.41, 5.74) is 1.33. The van der Waals surface area contributed by atoms with Gasteiger partial charge < -0.3 is 9.84 Å². The standard InChI is InChI=1S/C20H16BrF3N2O2S/c1-11-15(12(2)28-26-11)10-29-18-6-4-3-5-14(18)19(27)25-13-7-8-17(21)16(9-13)20(22,23)24/h3-9H,10H2,1-2H3,(H,25,27). The van der Waals surface area contributed by atoms with Crippen LogP contribution in [0.25, 0.3) is 0 Å². The summed E-state index contributed by atoms with van der Waals surface area (Å²) in [4.78, 5) is 13.4. The monoisotopic (exact) mass is 484 g/mol.